The van der Waals surface area contributed by atoms with E-state index in [1.165, 1.54) is 0 Å². The van der Waals surface area contributed by atoms with E-state index < -0.39 is 0 Å². The van der Waals surface area contributed by atoms with Crippen LogP contribution in [0.3, 0.4) is 0 Å². The summed E-state index contributed by atoms with van der Waals surface area (Å²) in [4.78, 5) is 19.1. The number of amides is 1. The Bertz CT molecular complexity index is 689. The lowest BCUT2D eigenvalue weighted by atomic mass is 10.1. The van der Waals surface area contributed by atoms with Gasteiger partial charge in [-0.1, -0.05) is 18.2 Å². The van der Waals surface area contributed by atoms with Crippen LogP contribution in [-0.4, -0.2) is 15.9 Å². The van der Waals surface area contributed by atoms with Gasteiger partial charge in [-0.15, -0.1) is 0 Å². The zero-order valence-electron chi connectivity index (χ0n) is 9.55. The van der Waals surface area contributed by atoms with Gasteiger partial charge < -0.3 is 10.3 Å². The molecule has 2 aromatic heterocycles. The third-order valence-corrected chi connectivity index (χ3v) is 2.71. The van der Waals surface area contributed by atoms with Gasteiger partial charge in [-0.25, -0.2) is 0 Å². The van der Waals surface area contributed by atoms with Crippen LogP contribution in [0.25, 0.3) is 10.9 Å². The average Bonchev–Trinajstić information content (AvgIpc) is 2.91. The second kappa shape index (κ2) is 4.33. The van der Waals surface area contributed by atoms with Gasteiger partial charge in [0, 0.05) is 24.0 Å². The van der Waals surface area contributed by atoms with Crippen molar-refractivity contribution in [2.45, 2.75) is 0 Å². The first-order chi connectivity index (χ1) is 8.83. The van der Waals surface area contributed by atoms with Gasteiger partial charge in [0.2, 0.25) is 0 Å². The smallest absolute Gasteiger partial charge is 0.257 e. The molecule has 0 fully saturated rings. The molecule has 2 heterocycles. The van der Waals surface area contributed by atoms with Crippen molar-refractivity contribution >= 4 is 22.5 Å². The Morgan fingerprint density at radius 3 is 2.94 bits per heavy atom. The standard InChI is InChI=1S/C14H11N3O/c18-14(17-12-5-6-15-9-12)11-7-10-3-1-2-4-13(10)16-8-11/h1-9,15H,(H,17,18). The minimum absolute atomic E-state index is 0.159. The lowest BCUT2D eigenvalue weighted by Crippen LogP contribution is -2.11. The number of benzene rings is 1. The van der Waals surface area contributed by atoms with Crippen molar-refractivity contribution < 1.29 is 4.79 Å². The SMILES string of the molecule is O=C(Nc1cc[nH]c1)c1cnc2ccccc2c1. The summed E-state index contributed by atoms with van der Waals surface area (Å²) in [5.74, 6) is -0.159. The highest BCUT2D eigenvalue weighted by molar-refractivity contribution is 6.05. The molecule has 0 aliphatic carbocycles. The number of carbonyl (C=O) groups is 1. The molecule has 1 amide bonds. The summed E-state index contributed by atoms with van der Waals surface area (Å²) in [7, 11) is 0. The van der Waals surface area contributed by atoms with Crippen LogP contribution in [0, 0.1) is 0 Å². The summed E-state index contributed by atoms with van der Waals surface area (Å²) in [5, 5.41) is 3.75. The Morgan fingerprint density at radius 2 is 2.11 bits per heavy atom. The normalized spacial score (nSPS) is 10.4. The molecule has 0 unspecified atom stereocenters. The highest BCUT2D eigenvalue weighted by Crippen LogP contribution is 2.14. The van der Waals surface area contributed by atoms with Crippen molar-refractivity contribution in [3.05, 3.63) is 60.6 Å². The molecule has 1 aromatic carbocycles. The third kappa shape index (κ3) is 1.96. The van der Waals surface area contributed by atoms with Crippen molar-refractivity contribution in [2.24, 2.45) is 0 Å². The fourth-order valence-electron chi connectivity index (χ4n) is 1.80. The summed E-state index contributed by atoms with van der Waals surface area (Å²) >= 11 is 0. The summed E-state index contributed by atoms with van der Waals surface area (Å²) in [6.07, 6.45) is 5.07. The molecule has 0 aliphatic rings. The van der Waals surface area contributed by atoms with Crippen LogP contribution in [0.4, 0.5) is 5.69 Å². The van der Waals surface area contributed by atoms with Crippen molar-refractivity contribution in [1.29, 1.82) is 0 Å². The van der Waals surface area contributed by atoms with E-state index in [1.54, 1.807) is 24.7 Å². The molecule has 4 nitrogen and oxygen atoms in total. The molecule has 0 saturated heterocycles. The molecular formula is C14H11N3O. The van der Waals surface area contributed by atoms with Gasteiger partial charge in [0.1, 0.15) is 0 Å². The van der Waals surface area contributed by atoms with Crippen molar-refractivity contribution in [1.82, 2.24) is 9.97 Å². The van der Waals surface area contributed by atoms with E-state index in [9.17, 15) is 4.79 Å². The fraction of sp³-hybridized carbons (Fsp3) is 0. The Kier molecular flexibility index (Phi) is 2.53. The molecule has 4 heteroatoms. The largest absolute Gasteiger partial charge is 0.366 e. The van der Waals surface area contributed by atoms with E-state index in [0.717, 1.165) is 16.6 Å². The molecule has 3 aromatic rings. The van der Waals surface area contributed by atoms with E-state index in [1.807, 2.05) is 30.3 Å². The van der Waals surface area contributed by atoms with Gasteiger partial charge in [-0.2, -0.15) is 0 Å². The van der Waals surface area contributed by atoms with E-state index >= 15 is 0 Å². The van der Waals surface area contributed by atoms with Crippen molar-refractivity contribution in [3.8, 4) is 0 Å². The number of pyridine rings is 1. The van der Waals surface area contributed by atoms with E-state index in [0.29, 0.717) is 5.56 Å². The van der Waals surface area contributed by atoms with E-state index in [-0.39, 0.29) is 5.91 Å². The molecule has 0 radical (unpaired) electrons. The number of H-pyrrole nitrogens is 1. The average molecular weight is 237 g/mol. The minimum Gasteiger partial charge on any atom is -0.366 e. The van der Waals surface area contributed by atoms with Crippen LogP contribution < -0.4 is 5.32 Å². The van der Waals surface area contributed by atoms with Crippen molar-refractivity contribution in [2.75, 3.05) is 5.32 Å². The number of carbonyl (C=O) groups excluding carboxylic acids is 1. The number of hydrogen-bond donors (Lipinski definition) is 2. The highest BCUT2D eigenvalue weighted by Gasteiger charge is 2.07. The molecular weight excluding hydrogens is 226 g/mol. The predicted octanol–water partition coefficient (Wildman–Crippen LogP) is 2.82. The molecule has 0 aliphatic heterocycles. The summed E-state index contributed by atoms with van der Waals surface area (Å²) < 4.78 is 0. The van der Waals surface area contributed by atoms with Gasteiger partial charge in [0.15, 0.2) is 0 Å². The lowest BCUT2D eigenvalue weighted by molar-refractivity contribution is 0.102. The number of fused-ring (bicyclic) bond motifs is 1. The third-order valence-electron chi connectivity index (χ3n) is 2.71. The summed E-state index contributed by atoms with van der Waals surface area (Å²) in [6.45, 7) is 0. The zero-order chi connectivity index (χ0) is 12.4. The maximum atomic E-state index is 12.0. The fourth-order valence-corrected chi connectivity index (χ4v) is 1.80. The van der Waals surface area contributed by atoms with Crippen LogP contribution in [0.5, 0.6) is 0 Å². The van der Waals surface area contributed by atoms with Gasteiger partial charge in [-0.05, 0) is 18.2 Å². The number of rotatable bonds is 2. The topological polar surface area (TPSA) is 57.8 Å². The Hall–Kier alpha value is -2.62. The van der Waals surface area contributed by atoms with Gasteiger partial charge in [0.25, 0.3) is 5.91 Å². The monoisotopic (exact) mass is 237 g/mol. The van der Waals surface area contributed by atoms with Crippen LogP contribution in [-0.2, 0) is 0 Å². The molecule has 0 saturated carbocycles. The number of aromatic amines is 1. The molecule has 18 heavy (non-hydrogen) atoms. The molecule has 0 atom stereocenters. The van der Waals surface area contributed by atoms with Gasteiger partial charge in [0.05, 0.1) is 16.8 Å². The van der Waals surface area contributed by atoms with E-state index in [2.05, 4.69) is 15.3 Å². The summed E-state index contributed by atoms with van der Waals surface area (Å²) in [5.41, 5.74) is 2.18. The van der Waals surface area contributed by atoms with Crippen LogP contribution >= 0.6 is 0 Å². The number of nitrogens with zero attached hydrogens (tertiary/aromatic N) is 1. The number of hydrogen-bond acceptors (Lipinski definition) is 2. The summed E-state index contributed by atoms with van der Waals surface area (Å²) in [6, 6.07) is 11.3. The number of anilines is 1. The number of para-hydroxylation sites is 1. The second-order valence-corrected chi connectivity index (χ2v) is 3.97. The lowest BCUT2D eigenvalue weighted by Gasteiger charge is -2.03. The second-order valence-electron chi connectivity index (χ2n) is 3.97. The molecule has 3 rings (SSSR count). The number of nitrogens with one attached hydrogen (secondary N) is 2. The van der Waals surface area contributed by atoms with Crippen LogP contribution in [0.2, 0.25) is 0 Å². The molecule has 88 valence electrons. The number of aromatic nitrogens is 2. The first-order valence-electron chi connectivity index (χ1n) is 5.62. The highest BCUT2D eigenvalue weighted by atomic mass is 16.1. The Morgan fingerprint density at radius 1 is 1.22 bits per heavy atom. The maximum absolute atomic E-state index is 12.0. The quantitative estimate of drug-likeness (QED) is 0.720. The Labute approximate surface area is 104 Å². The Balaban J connectivity index is 1.92. The van der Waals surface area contributed by atoms with Gasteiger partial charge >= 0.3 is 0 Å². The van der Waals surface area contributed by atoms with Gasteiger partial charge in [-0.3, -0.25) is 9.78 Å². The molecule has 0 spiro atoms. The molecule has 0 bridgehead atoms. The van der Waals surface area contributed by atoms with Crippen LogP contribution in [0.1, 0.15) is 10.4 Å². The zero-order valence-corrected chi connectivity index (χ0v) is 9.55. The van der Waals surface area contributed by atoms with Crippen LogP contribution in [0.15, 0.2) is 55.0 Å². The van der Waals surface area contributed by atoms with Crippen molar-refractivity contribution in [3.63, 3.8) is 0 Å². The minimum atomic E-state index is -0.159. The van der Waals surface area contributed by atoms with E-state index in [4.69, 9.17) is 0 Å². The first kappa shape index (κ1) is 10.5. The molecule has 2 N–H and O–H groups in total. The predicted molar refractivity (Wildman–Crippen MR) is 70.5 cm³/mol. The first-order valence-corrected chi connectivity index (χ1v) is 5.62. The maximum Gasteiger partial charge on any atom is 0.257 e.